The average molecular weight is 360 g/mol. The van der Waals surface area contributed by atoms with Crippen LogP contribution in [0, 0.1) is 13.8 Å². The van der Waals surface area contributed by atoms with Crippen LogP contribution in [-0.2, 0) is 7.05 Å². The van der Waals surface area contributed by atoms with Gasteiger partial charge in [-0.2, -0.15) is 0 Å². The van der Waals surface area contributed by atoms with Gasteiger partial charge in [-0.05, 0) is 38.1 Å². The summed E-state index contributed by atoms with van der Waals surface area (Å²) in [6.07, 6.45) is 3.61. The van der Waals surface area contributed by atoms with Crippen molar-refractivity contribution >= 4 is 29.1 Å². The van der Waals surface area contributed by atoms with E-state index in [1.54, 1.807) is 6.20 Å². The van der Waals surface area contributed by atoms with Gasteiger partial charge in [0.1, 0.15) is 0 Å². The molecule has 3 aromatic rings. The van der Waals surface area contributed by atoms with Gasteiger partial charge in [-0.15, -0.1) is 0 Å². The van der Waals surface area contributed by atoms with Crippen LogP contribution < -0.4 is 0 Å². The normalized spacial score (nSPS) is 11.0. The van der Waals surface area contributed by atoms with E-state index >= 15 is 0 Å². The fourth-order valence-electron chi connectivity index (χ4n) is 2.76. The van der Waals surface area contributed by atoms with E-state index in [0.29, 0.717) is 10.8 Å². The minimum absolute atomic E-state index is 0.101. The fraction of sp³-hybridized carbons (Fsp3) is 0.222. The molecule has 0 bridgehead atoms. The number of carbonyl (C=O) groups is 1. The lowest BCUT2D eigenvalue weighted by Crippen LogP contribution is -2.06. The second-order valence-corrected chi connectivity index (χ2v) is 7.01. The summed E-state index contributed by atoms with van der Waals surface area (Å²) < 4.78 is 3.97. The number of halogens is 1. The molecular formula is C18H18ClN3OS. The summed E-state index contributed by atoms with van der Waals surface area (Å²) >= 11 is 7.55. The molecular weight excluding hydrogens is 342 g/mol. The Bertz CT molecular complexity index is 898. The molecule has 0 N–H and O–H groups in total. The van der Waals surface area contributed by atoms with Crippen molar-refractivity contribution in [2.45, 2.75) is 19.0 Å². The lowest BCUT2D eigenvalue weighted by molar-refractivity contribution is 0.102. The van der Waals surface area contributed by atoms with Gasteiger partial charge >= 0.3 is 0 Å². The predicted molar refractivity (Wildman–Crippen MR) is 98.5 cm³/mol. The molecule has 124 valence electrons. The first kappa shape index (κ1) is 16.9. The van der Waals surface area contributed by atoms with Crippen LogP contribution in [0.5, 0.6) is 0 Å². The Balaban J connectivity index is 1.85. The lowest BCUT2D eigenvalue weighted by Gasteiger charge is -2.10. The third-order valence-corrected chi connectivity index (χ3v) is 5.20. The van der Waals surface area contributed by atoms with Gasteiger partial charge in [0, 0.05) is 47.1 Å². The van der Waals surface area contributed by atoms with Crippen LogP contribution >= 0.6 is 23.4 Å². The number of Topliss-reactive ketones (excluding diaryl/α,β-unsaturated/α-hetero) is 1. The van der Waals surface area contributed by atoms with Crippen LogP contribution in [0.4, 0.5) is 0 Å². The summed E-state index contributed by atoms with van der Waals surface area (Å²) in [7, 11) is 1.92. The van der Waals surface area contributed by atoms with Crippen LogP contribution in [0.3, 0.4) is 0 Å². The first-order chi connectivity index (χ1) is 11.5. The van der Waals surface area contributed by atoms with E-state index in [2.05, 4.69) is 9.55 Å². The van der Waals surface area contributed by atoms with Crippen LogP contribution in [0.2, 0.25) is 5.02 Å². The van der Waals surface area contributed by atoms with Crippen LogP contribution in [0.25, 0.3) is 5.69 Å². The molecule has 2 aromatic heterocycles. The summed E-state index contributed by atoms with van der Waals surface area (Å²) in [5.41, 5.74) is 3.66. The van der Waals surface area contributed by atoms with Crippen molar-refractivity contribution in [2.24, 2.45) is 7.05 Å². The van der Waals surface area contributed by atoms with Gasteiger partial charge in [0.05, 0.1) is 5.75 Å². The fourth-order valence-corrected chi connectivity index (χ4v) is 3.76. The molecule has 0 aliphatic heterocycles. The SMILES string of the molecule is Cc1cc(C(=O)CSc2nccn2C)c(C)n1-c1cccc(Cl)c1. The molecule has 0 aliphatic rings. The number of ketones is 1. The first-order valence-corrected chi connectivity index (χ1v) is 8.92. The van der Waals surface area contributed by atoms with E-state index in [1.807, 2.05) is 62.0 Å². The number of aryl methyl sites for hydroxylation is 2. The highest BCUT2D eigenvalue weighted by Crippen LogP contribution is 2.25. The van der Waals surface area contributed by atoms with Crippen LogP contribution in [-0.4, -0.2) is 25.7 Å². The molecule has 2 heterocycles. The number of rotatable bonds is 5. The number of hydrogen-bond acceptors (Lipinski definition) is 3. The number of benzene rings is 1. The van der Waals surface area contributed by atoms with Gasteiger partial charge in [-0.1, -0.05) is 29.4 Å². The molecule has 4 nitrogen and oxygen atoms in total. The Morgan fingerprint density at radius 3 is 2.75 bits per heavy atom. The molecule has 1 aromatic carbocycles. The Labute approximate surface area is 150 Å². The van der Waals surface area contributed by atoms with Crippen molar-refractivity contribution in [1.29, 1.82) is 0 Å². The maximum Gasteiger partial charge on any atom is 0.175 e. The van der Waals surface area contributed by atoms with E-state index in [0.717, 1.165) is 27.8 Å². The Morgan fingerprint density at radius 1 is 1.29 bits per heavy atom. The molecule has 0 fully saturated rings. The summed E-state index contributed by atoms with van der Waals surface area (Å²) in [5.74, 6) is 0.467. The Morgan fingerprint density at radius 2 is 2.08 bits per heavy atom. The molecule has 24 heavy (non-hydrogen) atoms. The van der Waals surface area contributed by atoms with Gasteiger partial charge in [0.25, 0.3) is 0 Å². The number of hydrogen-bond donors (Lipinski definition) is 0. The van der Waals surface area contributed by atoms with Crippen LogP contribution in [0.15, 0.2) is 47.9 Å². The molecule has 0 radical (unpaired) electrons. The highest BCUT2D eigenvalue weighted by Gasteiger charge is 2.17. The maximum absolute atomic E-state index is 12.6. The standard InChI is InChI=1S/C18H18ClN3OS/c1-12-9-16(17(23)11-24-18-20-7-8-21(18)3)13(2)22(12)15-6-4-5-14(19)10-15/h4-10H,11H2,1-3H3. The van der Waals surface area contributed by atoms with E-state index in [9.17, 15) is 4.79 Å². The van der Waals surface area contributed by atoms with E-state index in [1.165, 1.54) is 11.8 Å². The number of aromatic nitrogens is 3. The summed E-state index contributed by atoms with van der Waals surface area (Å²) in [5, 5.41) is 1.52. The molecule has 0 unspecified atom stereocenters. The highest BCUT2D eigenvalue weighted by molar-refractivity contribution is 7.99. The maximum atomic E-state index is 12.6. The average Bonchev–Trinajstić information content (AvgIpc) is 3.08. The summed E-state index contributed by atoms with van der Waals surface area (Å²) in [6, 6.07) is 9.59. The first-order valence-electron chi connectivity index (χ1n) is 7.55. The number of imidazole rings is 1. The summed E-state index contributed by atoms with van der Waals surface area (Å²) in [4.78, 5) is 16.9. The van der Waals surface area contributed by atoms with E-state index in [-0.39, 0.29) is 5.78 Å². The van der Waals surface area contributed by atoms with Gasteiger partial charge < -0.3 is 9.13 Å². The third-order valence-electron chi connectivity index (χ3n) is 3.91. The van der Waals surface area contributed by atoms with Crippen molar-refractivity contribution in [3.63, 3.8) is 0 Å². The van der Waals surface area contributed by atoms with Gasteiger partial charge in [-0.3, -0.25) is 4.79 Å². The second kappa shape index (κ2) is 6.87. The van der Waals surface area contributed by atoms with Gasteiger partial charge in [0.15, 0.2) is 10.9 Å². The third kappa shape index (κ3) is 3.28. The molecule has 0 spiro atoms. The van der Waals surface area contributed by atoms with Crippen molar-refractivity contribution in [3.05, 3.63) is 64.7 Å². The lowest BCUT2D eigenvalue weighted by atomic mass is 10.2. The Hall–Kier alpha value is -1.98. The zero-order chi connectivity index (χ0) is 17.3. The molecule has 0 atom stereocenters. The quantitative estimate of drug-likeness (QED) is 0.499. The predicted octanol–water partition coefficient (Wildman–Crippen LogP) is 4.46. The van der Waals surface area contributed by atoms with Gasteiger partial charge in [-0.25, -0.2) is 4.98 Å². The smallest absolute Gasteiger partial charge is 0.175 e. The second-order valence-electron chi connectivity index (χ2n) is 5.63. The van der Waals surface area contributed by atoms with Crippen molar-refractivity contribution in [1.82, 2.24) is 14.1 Å². The molecule has 0 amide bonds. The number of thioether (sulfide) groups is 1. The molecule has 3 rings (SSSR count). The van der Waals surface area contributed by atoms with Crippen molar-refractivity contribution < 1.29 is 4.79 Å². The van der Waals surface area contributed by atoms with E-state index < -0.39 is 0 Å². The number of nitrogens with zero attached hydrogens (tertiary/aromatic N) is 3. The largest absolute Gasteiger partial charge is 0.329 e. The minimum Gasteiger partial charge on any atom is -0.329 e. The Kier molecular flexibility index (Phi) is 4.83. The summed E-state index contributed by atoms with van der Waals surface area (Å²) in [6.45, 7) is 3.96. The highest BCUT2D eigenvalue weighted by atomic mass is 35.5. The van der Waals surface area contributed by atoms with Crippen molar-refractivity contribution in [2.75, 3.05) is 5.75 Å². The zero-order valence-electron chi connectivity index (χ0n) is 13.8. The monoisotopic (exact) mass is 359 g/mol. The van der Waals surface area contributed by atoms with Crippen molar-refractivity contribution in [3.8, 4) is 5.69 Å². The molecule has 6 heteroatoms. The molecule has 0 saturated carbocycles. The van der Waals surface area contributed by atoms with Crippen LogP contribution in [0.1, 0.15) is 21.7 Å². The zero-order valence-corrected chi connectivity index (χ0v) is 15.4. The van der Waals surface area contributed by atoms with Gasteiger partial charge in [0.2, 0.25) is 0 Å². The molecule has 0 aliphatic carbocycles. The van der Waals surface area contributed by atoms with E-state index in [4.69, 9.17) is 11.6 Å². The minimum atomic E-state index is 0.101. The molecule has 0 saturated heterocycles. The topological polar surface area (TPSA) is 39.8 Å². The number of carbonyl (C=O) groups excluding carboxylic acids is 1.